The van der Waals surface area contributed by atoms with Crippen molar-refractivity contribution < 1.29 is 17.6 Å². The first-order valence-electron chi connectivity index (χ1n) is 6.73. The molecule has 4 nitrogen and oxygen atoms in total. The van der Waals surface area contributed by atoms with E-state index in [1.807, 2.05) is 6.07 Å². The fourth-order valence-electron chi connectivity index (χ4n) is 2.26. The van der Waals surface area contributed by atoms with Crippen LogP contribution >= 0.6 is 0 Å². The summed E-state index contributed by atoms with van der Waals surface area (Å²) in [7, 11) is 0. The van der Waals surface area contributed by atoms with Crippen molar-refractivity contribution in [3.05, 3.63) is 75.8 Å². The lowest BCUT2D eigenvalue weighted by atomic mass is 9.99. The summed E-state index contributed by atoms with van der Waals surface area (Å²) in [6.07, 6.45) is -3.96. The fraction of sp³-hybridized carbons (Fsp3) is 0.125. The molecule has 23 heavy (non-hydrogen) atoms. The number of halogens is 3. The van der Waals surface area contributed by atoms with Crippen LogP contribution in [0.25, 0.3) is 11.5 Å². The summed E-state index contributed by atoms with van der Waals surface area (Å²) in [5.74, 6) is -0.512. The molecule has 0 radical (unpaired) electrons. The van der Waals surface area contributed by atoms with Crippen LogP contribution in [0.3, 0.4) is 0 Å². The van der Waals surface area contributed by atoms with E-state index in [0.717, 1.165) is 17.7 Å². The van der Waals surface area contributed by atoms with Gasteiger partial charge in [0.1, 0.15) is 0 Å². The Morgan fingerprint density at radius 2 is 1.74 bits per heavy atom. The first-order valence-corrected chi connectivity index (χ1v) is 6.73. The second-order valence-corrected chi connectivity index (χ2v) is 4.95. The van der Waals surface area contributed by atoms with Gasteiger partial charge in [0.25, 0.3) is 0 Å². The van der Waals surface area contributed by atoms with Gasteiger partial charge in [0.15, 0.2) is 0 Å². The number of hydrogen-bond acceptors (Lipinski definition) is 3. The molecular weight excluding hydrogens is 309 g/mol. The van der Waals surface area contributed by atoms with Crippen LogP contribution in [-0.4, -0.2) is 10.2 Å². The molecule has 7 heteroatoms. The van der Waals surface area contributed by atoms with Crippen LogP contribution < -0.4 is 5.76 Å². The Bertz CT molecular complexity index is 864. The maximum atomic E-state index is 12.6. The number of alkyl halides is 3. The van der Waals surface area contributed by atoms with Gasteiger partial charge < -0.3 is 4.42 Å². The normalized spacial score (nSPS) is 11.6. The van der Waals surface area contributed by atoms with E-state index in [4.69, 9.17) is 4.42 Å². The Morgan fingerprint density at radius 1 is 1.04 bits per heavy atom. The van der Waals surface area contributed by atoms with Crippen molar-refractivity contribution in [3.63, 3.8) is 0 Å². The summed E-state index contributed by atoms with van der Waals surface area (Å²) in [6.45, 7) is 0. The maximum absolute atomic E-state index is 12.6. The summed E-state index contributed by atoms with van der Waals surface area (Å²) in [5.41, 5.74) is 1.43. The van der Waals surface area contributed by atoms with Gasteiger partial charge in [0.05, 0.1) is 5.56 Å². The Morgan fingerprint density at radius 3 is 2.35 bits per heavy atom. The summed E-state index contributed by atoms with van der Waals surface area (Å²) in [6, 6.07) is 12.1. The number of H-pyrrole nitrogens is 1. The van der Waals surface area contributed by atoms with E-state index in [9.17, 15) is 18.0 Å². The topological polar surface area (TPSA) is 58.9 Å². The van der Waals surface area contributed by atoms with Gasteiger partial charge in [-0.05, 0) is 35.7 Å². The second-order valence-electron chi connectivity index (χ2n) is 4.95. The summed E-state index contributed by atoms with van der Waals surface area (Å²) in [4.78, 5) is 11.1. The summed E-state index contributed by atoms with van der Waals surface area (Å²) in [5, 5.41) is 5.97. The average Bonchev–Trinajstić information content (AvgIpc) is 2.94. The highest BCUT2D eigenvalue weighted by Crippen LogP contribution is 2.30. The highest BCUT2D eigenvalue weighted by molar-refractivity contribution is 5.59. The molecule has 1 N–H and O–H groups in total. The van der Waals surface area contributed by atoms with Crippen LogP contribution in [0.4, 0.5) is 13.2 Å². The van der Waals surface area contributed by atoms with Crippen LogP contribution in [0, 0.1) is 0 Å². The van der Waals surface area contributed by atoms with Crippen LogP contribution in [0.1, 0.15) is 16.7 Å². The third-order valence-corrected chi connectivity index (χ3v) is 3.36. The van der Waals surface area contributed by atoms with E-state index < -0.39 is 17.5 Å². The van der Waals surface area contributed by atoms with Crippen LogP contribution in [0.5, 0.6) is 0 Å². The van der Waals surface area contributed by atoms with E-state index in [1.165, 1.54) is 12.1 Å². The van der Waals surface area contributed by atoms with Crippen molar-refractivity contribution in [2.45, 2.75) is 12.6 Å². The highest BCUT2D eigenvalue weighted by atomic mass is 19.4. The molecule has 3 rings (SSSR count). The average molecular weight is 320 g/mol. The van der Waals surface area contributed by atoms with Gasteiger partial charge >= 0.3 is 11.9 Å². The predicted molar refractivity (Wildman–Crippen MR) is 76.8 cm³/mol. The molecule has 0 aliphatic carbocycles. The predicted octanol–water partition coefficient (Wildman–Crippen LogP) is 3.64. The van der Waals surface area contributed by atoms with Gasteiger partial charge in [-0.25, -0.2) is 9.89 Å². The van der Waals surface area contributed by atoms with Crippen molar-refractivity contribution >= 4 is 0 Å². The standard InChI is InChI=1S/C16H11F3N2O2/c17-16(18,19)12-7-5-10(6-8-12)9-11-3-1-2-4-13(11)14-20-21-15(22)23-14/h1-8H,9H2,(H,21,22). The minimum Gasteiger partial charge on any atom is -0.388 e. The Balaban J connectivity index is 1.90. The molecule has 0 fully saturated rings. The number of nitrogens with zero attached hydrogens (tertiary/aromatic N) is 1. The largest absolute Gasteiger partial charge is 0.434 e. The molecular formula is C16H11F3N2O2. The monoisotopic (exact) mass is 320 g/mol. The molecule has 0 aliphatic heterocycles. The van der Waals surface area contributed by atoms with Gasteiger partial charge in [-0.3, -0.25) is 0 Å². The molecule has 3 aromatic rings. The first kappa shape index (κ1) is 15.1. The Labute approximate surface area is 128 Å². The van der Waals surface area contributed by atoms with Crippen molar-refractivity contribution in [1.82, 2.24) is 10.2 Å². The molecule has 2 aromatic carbocycles. The lowest BCUT2D eigenvalue weighted by Gasteiger charge is -2.09. The lowest BCUT2D eigenvalue weighted by Crippen LogP contribution is -2.04. The van der Waals surface area contributed by atoms with Crippen LogP contribution in [-0.2, 0) is 12.6 Å². The third kappa shape index (κ3) is 3.33. The van der Waals surface area contributed by atoms with E-state index in [1.54, 1.807) is 18.2 Å². The number of benzene rings is 2. The van der Waals surface area contributed by atoms with Crippen molar-refractivity contribution in [2.24, 2.45) is 0 Å². The molecule has 0 unspecified atom stereocenters. The van der Waals surface area contributed by atoms with E-state index in [-0.39, 0.29) is 5.89 Å². The number of hydrogen-bond donors (Lipinski definition) is 1. The van der Waals surface area contributed by atoms with Crippen molar-refractivity contribution in [2.75, 3.05) is 0 Å². The number of aromatic amines is 1. The molecule has 1 heterocycles. The number of rotatable bonds is 3. The molecule has 0 bridgehead atoms. The minimum absolute atomic E-state index is 0.150. The maximum Gasteiger partial charge on any atom is 0.434 e. The van der Waals surface area contributed by atoms with Gasteiger partial charge in [-0.2, -0.15) is 13.2 Å². The van der Waals surface area contributed by atoms with Crippen LogP contribution in [0.15, 0.2) is 57.7 Å². The number of nitrogens with one attached hydrogen (secondary N) is 1. The molecule has 0 spiro atoms. The fourth-order valence-corrected chi connectivity index (χ4v) is 2.26. The molecule has 0 saturated heterocycles. The molecule has 0 amide bonds. The van der Waals surface area contributed by atoms with E-state index >= 15 is 0 Å². The quantitative estimate of drug-likeness (QED) is 0.801. The number of aromatic nitrogens is 2. The zero-order chi connectivity index (χ0) is 16.4. The molecule has 0 saturated carbocycles. The molecule has 0 atom stereocenters. The van der Waals surface area contributed by atoms with Gasteiger partial charge in [0.2, 0.25) is 5.89 Å². The SMILES string of the molecule is O=c1[nH]nc(-c2ccccc2Cc2ccc(C(F)(F)F)cc2)o1. The zero-order valence-electron chi connectivity index (χ0n) is 11.7. The summed E-state index contributed by atoms with van der Waals surface area (Å²) >= 11 is 0. The van der Waals surface area contributed by atoms with Crippen molar-refractivity contribution in [1.29, 1.82) is 0 Å². The zero-order valence-corrected chi connectivity index (χ0v) is 11.7. The lowest BCUT2D eigenvalue weighted by molar-refractivity contribution is -0.137. The Hall–Kier alpha value is -2.83. The first-order chi connectivity index (χ1) is 10.9. The molecule has 118 valence electrons. The van der Waals surface area contributed by atoms with Gasteiger partial charge in [-0.15, -0.1) is 5.10 Å². The molecule has 0 aliphatic rings. The van der Waals surface area contributed by atoms with Gasteiger partial charge in [0, 0.05) is 5.56 Å². The molecule has 1 aromatic heterocycles. The Kier molecular flexibility index (Phi) is 3.77. The van der Waals surface area contributed by atoms with E-state index in [2.05, 4.69) is 10.2 Å². The van der Waals surface area contributed by atoms with Crippen molar-refractivity contribution in [3.8, 4) is 11.5 Å². The highest BCUT2D eigenvalue weighted by Gasteiger charge is 2.29. The van der Waals surface area contributed by atoms with Gasteiger partial charge in [-0.1, -0.05) is 30.3 Å². The second kappa shape index (κ2) is 5.75. The minimum atomic E-state index is -4.35. The summed E-state index contributed by atoms with van der Waals surface area (Å²) < 4.78 is 42.7. The third-order valence-electron chi connectivity index (χ3n) is 3.36. The van der Waals surface area contributed by atoms with Crippen LogP contribution in [0.2, 0.25) is 0 Å². The smallest absolute Gasteiger partial charge is 0.388 e. The van der Waals surface area contributed by atoms with E-state index in [0.29, 0.717) is 17.5 Å².